The summed E-state index contributed by atoms with van der Waals surface area (Å²) in [4.78, 5) is 11.9. The fraction of sp³-hybridized carbons (Fsp3) is 0.143. The first-order valence-corrected chi connectivity index (χ1v) is 8.41. The molecule has 26 heavy (non-hydrogen) atoms. The van der Waals surface area contributed by atoms with Crippen molar-refractivity contribution in [2.75, 3.05) is 13.2 Å². The van der Waals surface area contributed by atoms with Crippen molar-refractivity contribution in [3.8, 4) is 11.5 Å². The molecule has 0 fully saturated rings. The van der Waals surface area contributed by atoms with E-state index < -0.39 is 0 Å². The van der Waals surface area contributed by atoms with Gasteiger partial charge in [-0.15, -0.1) is 0 Å². The van der Waals surface area contributed by atoms with Crippen LogP contribution in [0.4, 0.5) is 0 Å². The highest BCUT2D eigenvalue weighted by molar-refractivity contribution is 5.85. The zero-order valence-corrected chi connectivity index (χ0v) is 14.5. The largest absolute Gasteiger partial charge is 0.494 e. The van der Waals surface area contributed by atoms with Gasteiger partial charge in [-0.25, -0.2) is 5.43 Å². The molecule has 132 valence electrons. The first-order chi connectivity index (χ1) is 12.7. The normalized spacial score (nSPS) is 10.8. The Morgan fingerprint density at radius 1 is 0.962 bits per heavy atom. The van der Waals surface area contributed by atoms with E-state index in [1.165, 1.54) is 0 Å². The minimum absolute atomic E-state index is 0.103. The lowest BCUT2D eigenvalue weighted by molar-refractivity contribution is -0.123. The molecular formula is C21H20N2O3. The van der Waals surface area contributed by atoms with Gasteiger partial charge in [0.05, 0.1) is 12.8 Å². The number of fused-ring (bicyclic) bond motifs is 1. The van der Waals surface area contributed by atoms with Crippen LogP contribution >= 0.6 is 0 Å². The molecule has 0 saturated heterocycles. The molecule has 1 N–H and O–H groups in total. The Labute approximate surface area is 152 Å². The second-order valence-corrected chi connectivity index (χ2v) is 5.60. The average Bonchev–Trinajstić information content (AvgIpc) is 2.67. The van der Waals surface area contributed by atoms with E-state index in [4.69, 9.17) is 9.47 Å². The van der Waals surface area contributed by atoms with Gasteiger partial charge in [0.2, 0.25) is 0 Å². The van der Waals surface area contributed by atoms with Crippen molar-refractivity contribution in [1.29, 1.82) is 0 Å². The predicted molar refractivity (Wildman–Crippen MR) is 103 cm³/mol. The Morgan fingerprint density at radius 2 is 1.77 bits per heavy atom. The number of benzene rings is 3. The molecule has 0 unspecified atom stereocenters. The lowest BCUT2D eigenvalue weighted by atomic mass is 10.1. The van der Waals surface area contributed by atoms with Crippen molar-refractivity contribution in [2.45, 2.75) is 6.92 Å². The highest BCUT2D eigenvalue weighted by atomic mass is 16.5. The molecule has 3 aromatic rings. The van der Waals surface area contributed by atoms with E-state index in [0.29, 0.717) is 12.4 Å². The predicted octanol–water partition coefficient (Wildman–Crippen LogP) is 3.77. The maximum absolute atomic E-state index is 11.9. The van der Waals surface area contributed by atoms with Gasteiger partial charge in [0, 0.05) is 0 Å². The summed E-state index contributed by atoms with van der Waals surface area (Å²) in [5.74, 6) is 1.09. The number of nitrogens with one attached hydrogen (secondary N) is 1. The molecule has 0 spiro atoms. The van der Waals surface area contributed by atoms with Gasteiger partial charge in [0.25, 0.3) is 5.91 Å². The summed E-state index contributed by atoms with van der Waals surface area (Å²) >= 11 is 0. The summed E-state index contributed by atoms with van der Waals surface area (Å²) < 4.78 is 10.9. The van der Waals surface area contributed by atoms with Crippen LogP contribution in [-0.2, 0) is 4.79 Å². The molecule has 0 radical (unpaired) electrons. The number of carbonyl (C=O) groups is 1. The second kappa shape index (κ2) is 8.67. The summed E-state index contributed by atoms with van der Waals surface area (Å²) in [6, 6.07) is 21.2. The van der Waals surface area contributed by atoms with E-state index in [1.54, 1.807) is 6.21 Å². The van der Waals surface area contributed by atoms with Crippen LogP contribution in [0.2, 0.25) is 0 Å². The van der Waals surface area contributed by atoms with Crippen LogP contribution in [0.1, 0.15) is 12.5 Å². The number of hydrogen-bond donors (Lipinski definition) is 1. The summed E-state index contributed by atoms with van der Waals surface area (Å²) in [5.41, 5.74) is 3.29. The summed E-state index contributed by atoms with van der Waals surface area (Å²) in [6.45, 7) is 2.43. The summed E-state index contributed by atoms with van der Waals surface area (Å²) in [5, 5.41) is 6.14. The highest BCUT2D eigenvalue weighted by Crippen LogP contribution is 2.20. The van der Waals surface area contributed by atoms with Crippen LogP contribution in [-0.4, -0.2) is 25.3 Å². The van der Waals surface area contributed by atoms with Gasteiger partial charge in [0.15, 0.2) is 6.61 Å². The third-order valence-corrected chi connectivity index (χ3v) is 3.66. The molecule has 0 aliphatic heterocycles. The van der Waals surface area contributed by atoms with Crippen LogP contribution in [0, 0.1) is 0 Å². The maximum atomic E-state index is 11.9. The number of amides is 1. The van der Waals surface area contributed by atoms with E-state index in [9.17, 15) is 4.79 Å². The van der Waals surface area contributed by atoms with Gasteiger partial charge in [-0.1, -0.05) is 42.5 Å². The van der Waals surface area contributed by atoms with Crippen molar-refractivity contribution >= 4 is 22.9 Å². The smallest absolute Gasteiger partial charge is 0.277 e. The zero-order valence-electron chi connectivity index (χ0n) is 14.5. The minimum atomic E-state index is -0.324. The number of nitrogens with zero attached hydrogens (tertiary/aromatic N) is 1. The third kappa shape index (κ3) is 4.83. The Kier molecular flexibility index (Phi) is 5.83. The molecule has 0 heterocycles. The van der Waals surface area contributed by atoms with E-state index in [2.05, 4.69) is 10.5 Å². The van der Waals surface area contributed by atoms with Crippen LogP contribution in [0.3, 0.4) is 0 Å². The average molecular weight is 348 g/mol. The number of hydrazone groups is 1. The van der Waals surface area contributed by atoms with Gasteiger partial charge in [-0.05, 0) is 47.5 Å². The number of hydrogen-bond acceptors (Lipinski definition) is 4. The topological polar surface area (TPSA) is 59.9 Å². The van der Waals surface area contributed by atoms with Gasteiger partial charge in [0.1, 0.15) is 11.5 Å². The number of carbonyl (C=O) groups excluding carboxylic acids is 1. The highest BCUT2D eigenvalue weighted by Gasteiger charge is 2.02. The van der Waals surface area contributed by atoms with Crippen LogP contribution in [0.5, 0.6) is 11.5 Å². The molecule has 0 aliphatic carbocycles. The number of rotatable bonds is 7. The van der Waals surface area contributed by atoms with Crippen LogP contribution in [0.25, 0.3) is 10.8 Å². The summed E-state index contributed by atoms with van der Waals surface area (Å²) in [6.07, 6.45) is 1.57. The molecule has 5 heteroatoms. The fourth-order valence-corrected chi connectivity index (χ4v) is 2.47. The Morgan fingerprint density at radius 3 is 2.62 bits per heavy atom. The van der Waals surface area contributed by atoms with Crippen LogP contribution in [0.15, 0.2) is 71.8 Å². The Bertz CT molecular complexity index is 922. The van der Waals surface area contributed by atoms with Gasteiger partial charge in [-0.3, -0.25) is 4.79 Å². The SMILES string of the molecule is CCOc1cccc(/C=N\NC(=O)COc2ccc3ccccc3c2)c1. The molecule has 0 aromatic heterocycles. The van der Waals surface area contributed by atoms with Crippen molar-refractivity contribution in [3.63, 3.8) is 0 Å². The quantitative estimate of drug-likeness (QED) is 0.522. The second-order valence-electron chi connectivity index (χ2n) is 5.60. The lowest BCUT2D eigenvalue weighted by Gasteiger charge is -2.06. The molecule has 0 atom stereocenters. The molecule has 5 nitrogen and oxygen atoms in total. The molecular weight excluding hydrogens is 328 g/mol. The van der Waals surface area contributed by atoms with E-state index in [1.807, 2.05) is 73.7 Å². The first kappa shape index (κ1) is 17.5. The van der Waals surface area contributed by atoms with Crippen molar-refractivity contribution in [1.82, 2.24) is 5.43 Å². The van der Waals surface area contributed by atoms with E-state index >= 15 is 0 Å². The molecule has 3 aromatic carbocycles. The van der Waals surface area contributed by atoms with Crippen molar-refractivity contribution < 1.29 is 14.3 Å². The van der Waals surface area contributed by atoms with Crippen molar-refractivity contribution in [3.05, 3.63) is 72.3 Å². The van der Waals surface area contributed by atoms with Gasteiger partial charge < -0.3 is 9.47 Å². The lowest BCUT2D eigenvalue weighted by Crippen LogP contribution is -2.24. The summed E-state index contributed by atoms with van der Waals surface area (Å²) in [7, 11) is 0. The standard InChI is InChI=1S/C21H20N2O3/c1-2-25-19-9-5-6-16(12-19)14-22-23-21(24)15-26-20-11-10-17-7-3-4-8-18(17)13-20/h3-14H,2,15H2,1H3,(H,23,24)/b22-14-. The first-order valence-electron chi connectivity index (χ1n) is 8.41. The molecule has 3 rings (SSSR count). The monoisotopic (exact) mass is 348 g/mol. The molecule has 0 aliphatic rings. The van der Waals surface area contributed by atoms with E-state index in [-0.39, 0.29) is 12.5 Å². The van der Waals surface area contributed by atoms with E-state index in [0.717, 1.165) is 22.1 Å². The van der Waals surface area contributed by atoms with Crippen LogP contribution < -0.4 is 14.9 Å². The van der Waals surface area contributed by atoms with Gasteiger partial charge >= 0.3 is 0 Å². The Hall–Kier alpha value is -3.34. The number of ether oxygens (including phenoxy) is 2. The Balaban J connectivity index is 1.51. The molecule has 0 bridgehead atoms. The minimum Gasteiger partial charge on any atom is -0.494 e. The van der Waals surface area contributed by atoms with Crippen molar-refractivity contribution in [2.24, 2.45) is 5.10 Å². The van der Waals surface area contributed by atoms with Gasteiger partial charge in [-0.2, -0.15) is 5.10 Å². The zero-order chi connectivity index (χ0) is 18.2. The fourth-order valence-electron chi connectivity index (χ4n) is 2.47. The molecule has 0 saturated carbocycles. The molecule has 1 amide bonds. The third-order valence-electron chi connectivity index (χ3n) is 3.66. The maximum Gasteiger partial charge on any atom is 0.277 e.